The summed E-state index contributed by atoms with van der Waals surface area (Å²) in [6.07, 6.45) is -1.50. The van der Waals surface area contributed by atoms with Gasteiger partial charge in [0.25, 0.3) is 0 Å². The molecule has 0 atom stereocenters. The minimum Gasteiger partial charge on any atom is -0.478 e. The van der Waals surface area contributed by atoms with E-state index >= 15 is 0 Å². The number of carbonyl (C=O) groups is 2. The van der Waals surface area contributed by atoms with Crippen LogP contribution in [0.3, 0.4) is 0 Å². The molecule has 0 amide bonds. The Morgan fingerprint density at radius 2 is 1.44 bits per heavy atom. The predicted octanol–water partition coefficient (Wildman–Crippen LogP) is -0.709. The third-order valence-electron chi connectivity index (χ3n) is 1.87. The van der Waals surface area contributed by atoms with Gasteiger partial charge in [-0.2, -0.15) is 0 Å². The topological polar surface area (TPSA) is 145 Å². The van der Waals surface area contributed by atoms with Crippen LogP contribution in [0.4, 0.5) is 4.79 Å². The van der Waals surface area contributed by atoms with Gasteiger partial charge >= 0.3 is 12.1 Å². The normalized spacial score (nSPS) is 10.0. The van der Waals surface area contributed by atoms with Crippen LogP contribution < -0.4 is 0 Å². The molecule has 0 unspecified atom stereocenters. The highest BCUT2D eigenvalue weighted by Gasteiger charge is 2.29. The molecule has 0 aromatic rings. The van der Waals surface area contributed by atoms with Crippen LogP contribution >= 0.6 is 0 Å². The third kappa shape index (κ3) is 8.50. The molecular weight excluding hydrogens is 248 g/mol. The van der Waals surface area contributed by atoms with Crippen molar-refractivity contribution in [1.29, 1.82) is 0 Å². The van der Waals surface area contributed by atoms with Gasteiger partial charge < -0.3 is 30.3 Å². The van der Waals surface area contributed by atoms with Gasteiger partial charge in [-0.05, 0) is 6.92 Å². The molecule has 106 valence electrons. The van der Waals surface area contributed by atoms with E-state index in [1.807, 2.05) is 0 Å². The first-order chi connectivity index (χ1) is 8.24. The van der Waals surface area contributed by atoms with E-state index in [0.29, 0.717) is 0 Å². The van der Waals surface area contributed by atoms with Crippen molar-refractivity contribution < 1.29 is 39.9 Å². The van der Waals surface area contributed by atoms with Crippen LogP contribution in [0.2, 0.25) is 0 Å². The van der Waals surface area contributed by atoms with E-state index < -0.39 is 44.0 Å². The Balaban J connectivity index is 0. The number of hydrogen-bond donors (Lipinski definition) is 5. The van der Waals surface area contributed by atoms with Gasteiger partial charge in [0, 0.05) is 5.57 Å². The lowest BCUT2D eigenvalue weighted by Crippen LogP contribution is -2.39. The molecule has 0 aromatic heterocycles. The molecule has 0 radical (unpaired) electrons. The summed E-state index contributed by atoms with van der Waals surface area (Å²) in [6, 6.07) is 0. The first kappa shape index (κ1) is 18.7. The van der Waals surface area contributed by atoms with Crippen LogP contribution in [0, 0.1) is 5.41 Å². The quantitative estimate of drug-likeness (QED) is 0.313. The summed E-state index contributed by atoms with van der Waals surface area (Å²) in [6.45, 7) is 2.57. The molecule has 0 aliphatic heterocycles. The Morgan fingerprint density at radius 3 is 1.61 bits per heavy atom. The van der Waals surface area contributed by atoms with Crippen molar-refractivity contribution in [2.75, 3.05) is 26.4 Å². The van der Waals surface area contributed by atoms with Gasteiger partial charge in [-0.15, -0.1) is 0 Å². The Labute approximate surface area is 104 Å². The highest BCUT2D eigenvalue weighted by Crippen LogP contribution is 2.14. The Morgan fingerprint density at radius 1 is 1.11 bits per heavy atom. The fourth-order valence-corrected chi connectivity index (χ4v) is 0.502. The van der Waals surface area contributed by atoms with Gasteiger partial charge in [-0.3, -0.25) is 0 Å². The van der Waals surface area contributed by atoms with Gasteiger partial charge in [0.2, 0.25) is 0 Å². The fraction of sp³-hybridized carbons (Fsp3) is 0.600. The van der Waals surface area contributed by atoms with E-state index in [9.17, 15) is 9.59 Å². The lowest BCUT2D eigenvalue weighted by atomic mass is 9.93. The van der Waals surface area contributed by atoms with Gasteiger partial charge in [0.1, 0.15) is 6.61 Å². The molecule has 8 nitrogen and oxygen atoms in total. The fourth-order valence-electron chi connectivity index (χ4n) is 0.502. The molecule has 0 spiro atoms. The number of rotatable bonds is 6. The van der Waals surface area contributed by atoms with E-state index in [4.69, 9.17) is 25.5 Å². The van der Waals surface area contributed by atoms with Gasteiger partial charge in [-0.25, -0.2) is 9.59 Å². The molecule has 0 bridgehead atoms. The van der Waals surface area contributed by atoms with E-state index in [2.05, 4.69) is 11.3 Å². The zero-order chi connectivity index (χ0) is 14.8. The second kappa shape index (κ2) is 9.40. The zero-order valence-corrected chi connectivity index (χ0v) is 10.00. The van der Waals surface area contributed by atoms with E-state index in [1.165, 1.54) is 6.92 Å². The molecule has 8 heteroatoms. The maximum Gasteiger partial charge on any atom is 0.505 e. The minimum absolute atomic E-state index is 0.176. The minimum atomic E-state index is -1.50. The van der Waals surface area contributed by atoms with E-state index in [-0.39, 0.29) is 5.57 Å². The molecular formula is C10H18O8. The maximum atomic E-state index is 9.93. The van der Waals surface area contributed by atoms with Crippen molar-refractivity contribution >= 4 is 12.1 Å². The Kier molecular flexibility index (Phi) is 9.77. The summed E-state index contributed by atoms with van der Waals surface area (Å²) in [5.74, 6) is -0.935. The number of carboxylic acid groups (broad SMARTS) is 2. The van der Waals surface area contributed by atoms with Crippen LogP contribution in [-0.4, -0.2) is 64.1 Å². The highest BCUT2D eigenvalue weighted by atomic mass is 16.7. The molecule has 0 saturated heterocycles. The molecule has 5 N–H and O–H groups in total. The van der Waals surface area contributed by atoms with Crippen molar-refractivity contribution in [3.63, 3.8) is 0 Å². The second-order valence-corrected chi connectivity index (χ2v) is 3.61. The summed E-state index contributed by atoms with van der Waals surface area (Å²) in [5, 5.41) is 42.1. The molecule has 18 heavy (non-hydrogen) atoms. The SMILES string of the molecule is C=C(C)C(=O)O.O=C(O)OCC(CO)(CO)CO. The predicted molar refractivity (Wildman–Crippen MR) is 60.1 cm³/mol. The summed E-state index contributed by atoms with van der Waals surface area (Å²) in [7, 11) is 0. The number of aliphatic carboxylic acids is 1. The average molecular weight is 266 g/mol. The van der Waals surface area contributed by atoms with Crippen molar-refractivity contribution in [1.82, 2.24) is 0 Å². The molecule has 0 aromatic carbocycles. The van der Waals surface area contributed by atoms with Crippen molar-refractivity contribution in [3.05, 3.63) is 12.2 Å². The van der Waals surface area contributed by atoms with Crippen LogP contribution in [0.1, 0.15) is 6.92 Å². The van der Waals surface area contributed by atoms with Crippen LogP contribution in [-0.2, 0) is 9.53 Å². The number of ether oxygens (including phenoxy) is 1. The molecule has 0 aliphatic carbocycles. The maximum absolute atomic E-state index is 9.93. The molecule has 0 aliphatic rings. The van der Waals surface area contributed by atoms with Crippen molar-refractivity contribution in [3.8, 4) is 0 Å². The molecule has 0 saturated carbocycles. The van der Waals surface area contributed by atoms with Gasteiger partial charge in [-0.1, -0.05) is 6.58 Å². The zero-order valence-electron chi connectivity index (χ0n) is 10.00. The summed E-state index contributed by atoms with van der Waals surface area (Å²) < 4.78 is 4.12. The molecule has 0 fully saturated rings. The van der Waals surface area contributed by atoms with Gasteiger partial charge in [0.15, 0.2) is 0 Å². The number of carboxylic acids is 1. The summed E-state index contributed by atoms with van der Waals surface area (Å²) in [5.41, 5.74) is -1.10. The van der Waals surface area contributed by atoms with Crippen molar-refractivity contribution in [2.45, 2.75) is 6.92 Å². The second-order valence-electron chi connectivity index (χ2n) is 3.61. The Hall–Kier alpha value is -1.64. The molecule has 0 heterocycles. The first-order valence-electron chi connectivity index (χ1n) is 4.81. The highest BCUT2D eigenvalue weighted by molar-refractivity contribution is 5.84. The van der Waals surface area contributed by atoms with Crippen molar-refractivity contribution in [2.24, 2.45) is 5.41 Å². The number of aliphatic hydroxyl groups excluding tert-OH is 3. The third-order valence-corrected chi connectivity index (χ3v) is 1.87. The standard InChI is InChI=1S/C6H12O6.C4H6O2/c7-1-6(2-8,3-9)4-12-5(10)11;1-3(2)4(5)6/h7-9H,1-4H2,(H,10,11);1H2,2H3,(H,5,6). The lowest BCUT2D eigenvalue weighted by Gasteiger charge is -2.25. The molecule has 0 rings (SSSR count). The first-order valence-corrected chi connectivity index (χ1v) is 4.81. The average Bonchev–Trinajstić information content (AvgIpc) is 2.32. The van der Waals surface area contributed by atoms with E-state index in [1.54, 1.807) is 0 Å². The van der Waals surface area contributed by atoms with Crippen LogP contribution in [0.5, 0.6) is 0 Å². The summed E-state index contributed by atoms with van der Waals surface area (Å²) in [4.78, 5) is 19.5. The lowest BCUT2D eigenvalue weighted by molar-refractivity contribution is -0.132. The smallest absolute Gasteiger partial charge is 0.478 e. The largest absolute Gasteiger partial charge is 0.505 e. The van der Waals surface area contributed by atoms with Crippen LogP contribution in [0.25, 0.3) is 0 Å². The number of hydrogen-bond acceptors (Lipinski definition) is 6. The van der Waals surface area contributed by atoms with E-state index in [0.717, 1.165) is 0 Å². The number of aliphatic hydroxyl groups is 3. The van der Waals surface area contributed by atoms with Crippen LogP contribution in [0.15, 0.2) is 12.2 Å². The summed E-state index contributed by atoms with van der Waals surface area (Å²) >= 11 is 0. The Bertz CT molecular complexity index is 261. The monoisotopic (exact) mass is 266 g/mol. The van der Waals surface area contributed by atoms with Gasteiger partial charge in [0.05, 0.1) is 25.2 Å².